The van der Waals surface area contributed by atoms with E-state index in [4.69, 9.17) is 23.2 Å². The standard InChI is InChI=1S/C27H23Cl2NO/c1-17-7-11-23(13-18(17)2)30-26(21-10-12-24(28)25(29)15-21)16-27(31)22-9-8-19-5-3-4-6-20(19)14-22/h3-15,26,30H,16H2,1-2H3. The Morgan fingerprint density at radius 2 is 1.58 bits per heavy atom. The second kappa shape index (κ2) is 9.13. The number of nitrogens with one attached hydrogen (secondary N) is 1. The molecule has 0 saturated carbocycles. The van der Waals surface area contributed by atoms with Crippen molar-refractivity contribution in [2.75, 3.05) is 5.32 Å². The maximum atomic E-state index is 13.2. The van der Waals surface area contributed by atoms with Gasteiger partial charge in [-0.05, 0) is 71.6 Å². The largest absolute Gasteiger partial charge is 0.378 e. The van der Waals surface area contributed by atoms with Gasteiger partial charge in [0.05, 0.1) is 16.1 Å². The maximum Gasteiger partial charge on any atom is 0.165 e. The van der Waals surface area contributed by atoms with Gasteiger partial charge in [-0.1, -0.05) is 71.7 Å². The lowest BCUT2D eigenvalue weighted by Crippen LogP contribution is -2.16. The van der Waals surface area contributed by atoms with E-state index < -0.39 is 0 Å². The van der Waals surface area contributed by atoms with Gasteiger partial charge < -0.3 is 5.32 Å². The molecule has 0 aliphatic heterocycles. The van der Waals surface area contributed by atoms with Gasteiger partial charge in [0.15, 0.2) is 5.78 Å². The zero-order chi connectivity index (χ0) is 22.0. The van der Waals surface area contributed by atoms with Crippen molar-refractivity contribution in [3.63, 3.8) is 0 Å². The molecule has 0 bridgehead atoms. The van der Waals surface area contributed by atoms with E-state index in [-0.39, 0.29) is 11.8 Å². The monoisotopic (exact) mass is 447 g/mol. The first-order valence-corrected chi connectivity index (χ1v) is 11.0. The van der Waals surface area contributed by atoms with Crippen molar-refractivity contribution in [3.8, 4) is 0 Å². The maximum absolute atomic E-state index is 13.2. The molecular formula is C27H23Cl2NO. The predicted octanol–water partition coefficient (Wildman–Crippen LogP) is 8.19. The average molecular weight is 448 g/mol. The van der Waals surface area contributed by atoms with Crippen LogP contribution in [0.1, 0.15) is 39.5 Å². The van der Waals surface area contributed by atoms with Crippen molar-refractivity contribution in [1.29, 1.82) is 0 Å². The average Bonchev–Trinajstić information content (AvgIpc) is 2.77. The number of benzene rings is 4. The van der Waals surface area contributed by atoms with E-state index in [1.54, 1.807) is 6.07 Å². The Bertz CT molecular complexity index is 1270. The molecule has 0 saturated heterocycles. The summed E-state index contributed by atoms with van der Waals surface area (Å²) in [6, 6.07) is 25.4. The summed E-state index contributed by atoms with van der Waals surface area (Å²) in [7, 11) is 0. The van der Waals surface area contributed by atoms with Gasteiger partial charge in [0.25, 0.3) is 0 Å². The Balaban J connectivity index is 1.65. The molecule has 0 aliphatic rings. The molecule has 2 nitrogen and oxygen atoms in total. The number of fused-ring (bicyclic) bond motifs is 1. The minimum Gasteiger partial charge on any atom is -0.378 e. The number of hydrogen-bond acceptors (Lipinski definition) is 2. The van der Waals surface area contributed by atoms with Gasteiger partial charge in [0.2, 0.25) is 0 Å². The van der Waals surface area contributed by atoms with E-state index in [0.29, 0.717) is 22.0 Å². The molecule has 156 valence electrons. The Labute approximate surface area is 192 Å². The van der Waals surface area contributed by atoms with Crippen LogP contribution >= 0.6 is 23.2 Å². The zero-order valence-electron chi connectivity index (χ0n) is 17.5. The number of aryl methyl sites for hydroxylation is 2. The van der Waals surface area contributed by atoms with Crippen molar-refractivity contribution >= 4 is 45.4 Å². The first-order valence-electron chi connectivity index (χ1n) is 10.2. The summed E-state index contributed by atoms with van der Waals surface area (Å²) in [5.41, 5.74) is 5.00. The summed E-state index contributed by atoms with van der Waals surface area (Å²) in [4.78, 5) is 13.2. The highest BCUT2D eigenvalue weighted by molar-refractivity contribution is 6.42. The summed E-state index contributed by atoms with van der Waals surface area (Å²) in [6.07, 6.45) is 0.295. The highest BCUT2D eigenvalue weighted by Crippen LogP contribution is 2.31. The lowest BCUT2D eigenvalue weighted by Gasteiger charge is -2.21. The third-order valence-corrected chi connectivity index (χ3v) is 6.39. The Hall–Kier alpha value is -2.81. The summed E-state index contributed by atoms with van der Waals surface area (Å²) >= 11 is 12.4. The molecule has 0 radical (unpaired) electrons. The van der Waals surface area contributed by atoms with E-state index in [9.17, 15) is 4.79 Å². The third kappa shape index (κ3) is 4.92. The molecule has 31 heavy (non-hydrogen) atoms. The number of hydrogen-bond donors (Lipinski definition) is 1. The van der Waals surface area contributed by atoms with Gasteiger partial charge >= 0.3 is 0 Å². The van der Waals surface area contributed by atoms with Crippen LogP contribution in [0, 0.1) is 13.8 Å². The Morgan fingerprint density at radius 3 is 2.32 bits per heavy atom. The molecule has 4 heteroatoms. The van der Waals surface area contributed by atoms with Crippen molar-refractivity contribution in [2.45, 2.75) is 26.3 Å². The molecule has 1 N–H and O–H groups in total. The van der Waals surface area contributed by atoms with Crippen LogP contribution in [0.4, 0.5) is 5.69 Å². The van der Waals surface area contributed by atoms with E-state index in [1.807, 2.05) is 60.7 Å². The molecular weight excluding hydrogens is 425 g/mol. The Morgan fingerprint density at radius 1 is 0.806 bits per heavy atom. The molecule has 1 unspecified atom stereocenters. The second-order valence-corrected chi connectivity index (χ2v) is 8.67. The van der Waals surface area contributed by atoms with Gasteiger partial charge in [0, 0.05) is 17.7 Å². The summed E-state index contributed by atoms with van der Waals surface area (Å²) in [6.45, 7) is 4.16. The van der Waals surface area contributed by atoms with Crippen molar-refractivity contribution < 1.29 is 4.79 Å². The first kappa shape index (κ1) is 21.4. The van der Waals surface area contributed by atoms with Gasteiger partial charge in [-0.3, -0.25) is 4.79 Å². The molecule has 0 fully saturated rings. The fourth-order valence-corrected chi connectivity index (χ4v) is 3.99. The summed E-state index contributed by atoms with van der Waals surface area (Å²) in [5, 5.41) is 6.67. The SMILES string of the molecule is Cc1ccc(NC(CC(=O)c2ccc3ccccc3c2)c2ccc(Cl)c(Cl)c2)cc1C. The van der Waals surface area contributed by atoms with Crippen LogP contribution in [-0.2, 0) is 0 Å². The smallest absolute Gasteiger partial charge is 0.165 e. The first-order chi connectivity index (χ1) is 14.9. The lowest BCUT2D eigenvalue weighted by atomic mass is 9.96. The van der Waals surface area contributed by atoms with Crippen molar-refractivity contribution in [2.24, 2.45) is 0 Å². The van der Waals surface area contributed by atoms with Crippen LogP contribution in [0.5, 0.6) is 0 Å². The second-order valence-electron chi connectivity index (χ2n) is 7.86. The van der Waals surface area contributed by atoms with Gasteiger partial charge in [0.1, 0.15) is 0 Å². The van der Waals surface area contributed by atoms with E-state index in [1.165, 1.54) is 11.1 Å². The molecule has 0 amide bonds. The number of halogens is 2. The van der Waals surface area contributed by atoms with Gasteiger partial charge in [-0.15, -0.1) is 0 Å². The lowest BCUT2D eigenvalue weighted by molar-refractivity contribution is 0.0976. The molecule has 4 aromatic carbocycles. The van der Waals surface area contributed by atoms with E-state index >= 15 is 0 Å². The number of carbonyl (C=O) groups is 1. The van der Waals surface area contributed by atoms with Gasteiger partial charge in [-0.2, -0.15) is 0 Å². The topological polar surface area (TPSA) is 29.1 Å². The molecule has 0 aliphatic carbocycles. The summed E-state index contributed by atoms with van der Waals surface area (Å²) in [5.74, 6) is 0.0677. The molecule has 4 rings (SSSR count). The van der Waals surface area contributed by atoms with Crippen LogP contribution in [0.25, 0.3) is 10.8 Å². The summed E-state index contributed by atoms with van der Waals surface area (Å²) < 4.78 is 0. The minimum absolute atomic E-state index is 0.0677. The third-order valence-electron chi connectivity index (χ3n) is 5.65. The van der Waals surface area contributed by atoms with Crippen LogP contribution < -0.4 is 5.32 Å². The normalized spacial score (nSPS) is 12.0. The number of Topliss-reactive ketones (excluding diaryl/α,β-unsaturated/α-hetero) is 1. The highest BCUT2D eigenvalue weighted by atomic mass is 35.5. The number of rotatable bonds is 6. The van der Waals surface area contributed by atoms with Crippen molar-refractivity contribution in [1.82, 2.24) is 0 Å². The van der Waals surface area contributed by atoms with Crippen LogP contribution in [0.3, 0.4) is 0 Å². The van der Waals surface area contributed by atoms with Crippen LogP contribution in [0.2, 0.25) is 10.0 Å². The van der Waals surface area contributed by atoms with Crippen LogP contribution in [-0.4, -0.2) is 5.78 Å². The minimum atomic E-state index is -0.240. The molecule has 4 aromatic rings. The van der Waals surface area contributed by atoms with Crippen molar-refractivity contribution in [3.05, 3.63) is 111 Å². The molecule has 0 heterocycles. The molecule has 0 spiro atoms. The highest BCUT2D eigenvalue weighted by Gasteiger charge is 2.19. The van der Waals surface area contributed by atoms with E-state index in [2.05, 4.69) is 31.3 Å². The zero-order valence-corrected chi connectivity index (χ0v) is 19.0. The number of anilines is 1. The molecule has 0 aromatic heterocycles. The van der Waals surface area contributed by atoms with Crippen LogP contribution in [0.15, 0.2) is 78.9 Å². The molecule has 1 atom stereocenters. The number of carbonyl (C=O) groups excluding carboxylic acids is 1. The van der Waals surface area contributed by atoms with Gasteiger partial charge in [-0.25, -0.2) is 0 Å². The van der Waals surface area contributed by atoms with E-state index in [0.717, 1.165) is 22.0 Å². The Kier molecular flexibility index (Phi) is 6.31. The predicted molar refractivity (Wildman–Crippen MR) is 132 cm³/mol. The fraction of sp³-hybridized carbons (Fsp3) is 0.148. The fourth-order valence-electron chi connectivity index (χ4n) is 3.68. The quantitative estimate of drug-likeness (QED) is 0.301. The number of ketones is 1.